The quantitative estimate of drug-likeness (QED) is 0.110. The molecule has 1 N–H and O–H groups in total. The monoisotopic (exact) mass is 406 g/mol. The van der Waals surface area contributed by atoms with E-state index in [1.165, 1.54) is 83.3 Å². The molecule has 1 rings (SSSR count). The Hall–Kier alpha value is -1.71. The van der Waals surface area contributed by atoms with Gasteiger partial charge in [-0.05, 0) is 32.6 Å². The number of allylic oxidation sites excluding steroid dienone is 3. The molecule has 0 radical (unpaired) electrons. The summed E-state index contributed by atoms with van der Waals surface area (Å²) in [6.45, 7) is 4.04. The van der Waals surface area contributed by atoms with Crippen molar-refractivity contribution in [2.75, 3.05) is 0 Å². The number of cyclic esters (lactones) is 1. The topological polar surface area (TPSA) is 55.8 Å². The van der Waals surface area contributed by atoms with Crippen LogP contribution in [0.4, 0.5) is 0 Å². The molecule has 0 saturated carbocycles. The van der Waals surface area contributed by atoms with E-state index in [2.05, 4.69) is 19.1 Å². The molecule has 0 aromatic heterocycles. The van der Waals surface area contributed by atoms with E-state index in [0.29, 0.717) is 6.42 Å². The normalized spacial score (nSPS) is 17.0. The SMILES string of the molecule is CC=COC1=C(O)[C@H](CCC=CCCCCCCCCCCCCCC)OC1=O. The van der Waals surface area contributed by atoms with Crippen molar-refractivity contribution in [1.29, 1.82) is 0 Å². The predicted molar refractivity (Wildman–Crippen MR) is 120 cm³/mol. The molecule has 0 amide bonds. The first-order chi connectivity index (χ1) is 14.2. The minimum atomic E-state index is -0.592. The van der Waals surface area contributed by atoms with Gasteiger partial charge in [0.05, 0.1) is 6.26 Å². The molecule has 0 spiro atoms. The van der Waals surface area contributed by atoms with Gasteiger partial charge in [-0.2, -0.15) is 0 Å². The van der Waals surface area contributed by atoms with Gasteiger partial charge in [-0.1, -0.05) is 95.8 Å². The van der Waals surface area contributed by atoms with Gasteiger partial charge in [-0.25, -0.2) is 4.79 Å². The molecule has 166 valence electrons. The molecule has 0 aliphatic carbocycles. The molecule has 0 aromatic carbocycles. The van der Waals surface area contributed by atoms with E-state index >= 15 is 0 Å². The zero-order valence-electron chi connectivity index (χ0n) is 18.7. The number of hydrogen-bond donors (Lipinski definition) is 1. The second-order valence-corrected chi connectivity index (χ2v) is 7.92. The molecular formula is C25H42O4. The predicted octanol–water partition coefficient (Wildman–Crippen LogP) is 7.66. The van der Waals surface area contributed by atoms with Crippen LogP contribution in [-0.2, 0) is 14.3 Å². The highest BCUT2D eigenvalue weighted by atomic mass is 16.6. The Kier molecular flexibility index (Phi) is 15.0. The van der Waals surface area contributed by atoms with Crippen molar-refractivity contribution in [2.45, 2.75) is 116 Å². The van der Waals surface area contributed by atoms with Gasteiger partial charge in [0.2, 0.25) is 0 Å². The molecule has 1 atom stereocenters. The molecule has 4 nitrogen and oxygen atoms in total. The minimum Gasteiger partial charge on any atom is -0.505 e. The molecule has 1 heterocycles. The first-order valence-corrected chi connectivity index (χ1v) is 11.8. The van der Waals surface area contributed by atoms with Crippen LogP contribution in [0.15, 0.2) is 36.0 Å². The average molecular weight is 407 g/mol. The number of aliphatic hydroxyl groups is 1. The largest absolute Gasteiger partial charge is 0.505 e. The Balaban J connectivity index is 1.95. The van der Waals surface area contributed by atoms with Crippen molar-refractivity contribution in [1.82, 2.24) is 0 Å². The summed E-state index contributed by atoms with van der Waals surface area (Å²) in [6, 6.07) is 0. The highest BCUT2D eigenvalue weighted by molar-refractivity contribution is 5.89. The molecule has 0 bridgehead atoms. The summed E-state index contributed by atoms with van der Waals surface area (Å²) in [5, 5.41) is 10.0. The van der Waals surface area contributed by atoms with Gasteiger partial charge in [0.25, 0.3) is 5.76 Å². The number of unbranched alkanes of at least 4 members (excludes halogenated alkanes) is 12. The lowest BCUT2D eigenvalue weighted by atomic mass is 10.0. The fraction of sp³-hybridized carbons (Fsp3) is 0.720. The Bertz CT molecular complexity index is 519. The first-order valence-electron chi connectivity index (χ1n) is 11.8. The Labute approximate surface area is 178 Å². The molecule has 29 heavy (non-hydrogen) atoms. The second kappa shape index (κ2) is 17.2. The summed E-state index contributed by atoms with van der Waals surface area (Å²) in [5.74, 6) is -0.776. The molecular weight excluding hydrogens is 364 g/mol. The third-order valence-corrected chi connectivity index (χ3v) is 5.28. The maximum atomic E-state index is 11.7. The first kappa shape index (κ1) is 25.3. The maximum absolute atomic E-state index is 11.7. The highest BCUT2D eigenvalue weighted by Crippen LogP contribution is 2.25. The summed E-state index contributed by atoms with van der Waals surface area (Å²) in [6.07, 6.45) is 25.6. The van der Waals surface area contributed by atoms with E-state index in [0.717, 1.165) is 12.8 Å². The van der Waals surface area contributed by atoms with Gasteiger partial charge < -0.3 is 14.6 Å². The van der Waals surface area contributed by atoms with Crippen LogP contribution in [0, 0.1) is 0 Å². The van der Waals surface area contributed by atoms with Crippen LogP contribution in [0.5, 0.6) is 0 Å². The van der Waals surface area contributed by atoms with Gasteiger partial charge in [-0.15, -0.1) is 0 Å². The molecule has 0 unspecified atom stereocenters. The number of aliphatic hydroxyl groups excluding tert-OH is 1. The van der Waals surface area contributed by atoms with Gasteiger partial charge in [0.15, 0.2) is 11.9 Å². The lowest BCUT2D eigenvalue weighted by Gasteiger charge is -2.07. The maximum Gasteiger partial charge on any atom is 0.378 e. The Morgan fingerprint density at radius 3 is 2.03 bits per heavy atom. The minimum absolute atomic E-state index is 0.0893. The van der Waals surface area contributed by atoms with Gasteiger partial charge in [0.1, 0.15) is 0 Å². The van der Waals surface area contributed by atoms with Crippen LogP contribution in [0.1, 0.15) is 110 Å². The van der Waals surface area contributed by atoms with E-state index in [1.54, 1.807) is 13.0 Å². The highest BCUT2D eigenvalue weighted by Gasteiger charge is 2.35. The standard InChI is InChI=1S/C25H42O4/c1-3-5-6-7-8-9-10-11-12-13-14-15-16-17-18-19-20-22-23(26)24(25(27)29-22)28-21-4-2/h4,17-18,21-22,26H,3,5-16,19-20H2,1-2H3/t22-/m0/s1. The molecule has 0 saturated heterocycles. The van der Waals surface area contributed by atoms with Crippen LogP contribution in [0.3, 0.4) is 0 Å². The average Bonchev–Trinajstić information content (AvgIpc) is 2.99. The van der Waals surface area contributed by atoms with Crippen LogP contribution < -0.4 is 0 Å². The van der Waals surface area contributed by atoms with Crippen LogP contribution >= 0.6 is 0 Å². The molecule has 4 heteroatoms. The smallest absolute Gasteiger partial charge is 0.378 e. The molecule has 1 aliphatic heterocycles. The summed E-state index contributed by atoms with van der Waals surface area (Å²) < 4.78 is 10.2. The number of ether oxygens (including phenoxy) is 2. The van der Waals surface area contributed by atoms with Gasteiger partial charge in [-0.3, -0.25) is 0 Å². The number of esters is 1. The van der Waals surface area contributed by atoms with E-state index < -0.39 is 12.1 Å². The fourth-order valence-electron chi connectivity index (χ4n) is 3.52. The lowest BCUT2D eigenvalue weighted by molar-refractivity contribution is -0.142. The van der Waals surface area contributed by atoms with E-state index in [1.807, 2.05) is 0 Å². The lowest BCUT2D eigenvalue weighted by Crippen LogP contribution is -2.10. The van der Waals surface area contributed by atoms with Crippen LogP contribution in [0.25, 0.3) is 0 Å². The van der Waals surface area contributed by atoms with E-state index in [-0.39, 0.29) is 11.5 Å². The summed E-state index contributed by atoms with van der Waals surface area (Å²) in [7, 11) is 0. The molecule has 0 fully saturated rings. The summed E-state index contributed by atoms with van der Waals surface area (Å²) >= 11 is 0. The third-order valence-electron chi connectivity index (χ3n) is 5.28. The van der Waals surface area contributed by atoms with Gasteiger partial charge in [0, 0.05) is 0 Å². The van der Waals surface area contributed by atoms with Gasteiger partial charge >= 0.3 is 5.97 Å². The van der Waals surface area contributed by atoms with Crippen molar-refractivity contribution in [2.24, 2.45) is 0 Å². The number of carbonyl (C=O) groups excluding carboxylic acids is 1. The molecule has 1 aliphatic rings. The Morgan fingerprint density at radius 1 is 0.897 bits per heavy atom. The zero-order valence-corrected chi connectivity index (χ0v) is 18.7. The van der Waals surface area contributed by atoms with Crippen molar-refractivity contribution < 1.29 is 19.4 Å². The van der Waals surface area contributed by atoms with Crippen LogP contribution in [0.2, 0.25) is 0 Å². The second-order valence-electron chi connectivity index (χ2n) is 7.92. The number of carbonyl (C=O) groups is 1. The van der Waals surface area contributed by atoms with Crippen molar-refractivity contribution in [3.8, 4) is 0 Å². The number of rotatable bonds is 18. The van der Waals surface area contributed by atoms with Crippen LogP contribution in [-0.4, -0.2) is 17.2 Å². The van der Waals surface area contributed by atoms with E-state index in [9.17, 15) is 9.90 Å². The van der Waals surface area contributed by atoms with Crippen molar-refractivity contribution in [3.05, 3.63) is 36.0 Å². The summed E-state index contributed by atoms with van der Waals surface area (Å²) in [5.41, 5.74) is 0. The van der Waals surface area contributed by atoms with E-state index in [4.69, 9.17) is 9.47 Å². The summed E-state index contributed by atoms with van der Waals surface area (Å²) in [4.78, 5) is 11.7. The Morgan fingerprint density at radius 2 is 1.45 bits per heavy atom. The molecule has 0 aromatic rings. The zero-order chi connectivity index (χ0) is 21.2. The fourth-order valence-corrected chi connectivity index (χ4v) is 3.52. The van der Waals surface area contributed by atoms with Crippen molar-refractivity contribution in [3.63, 3.8) is 0 Å². The van der Waals surface area contributed by atoms with Crippen molar-refractivity contribution >= 4 is 5.97 Å². The third kappa shape index (κ3) is 11.8. The number of hydrogen-bond acceptors (Lipinski definition) is 4.